The van der Waals surface area contributed by atoms with Gasteiger partial charge in [-0.2, -0.15) is 5.10 Å². The number of aromatic nitrogens is 2. The van der Waals surface area contributed by atoms with Crippen molar-refractivity contribution in [1.82, 2.24) is 20.0 Å². The predicted octanol–water partition coefficient (Wildman–Crippen LogP) is 5.67. The minimum atomic E-state index is -0.769. The first-order valence-corrected chi connectivity index (χ1v) is 13.5. The lowest BCUT2D eigenvalue weighted by molar-refractivity contribution is -0.138. The lowest BCUT2D eigenvalue weighted by Gasteiger charge is -2.30. The molecule has 2 aromatic carbocycles. The molecular formula is C28H32Cl2N4O2. The maximum absolute atomic E-state index is 11.1. The van der Waals surface area contributed by atoms with Crippen LogP contribution < -0.4 is 5.32 Å². The first-order valence-electron chi connectivity index (χ1n) is 12.7. The van der Waals surface area contributed by atoms with E-state index in [-0.39, 0.29) is 6.54 Å². The molecule has 0 atom stereocenters. The Morgan fingerprint density at radius 1 is 1.06 bits per heavy atom. The molecule has 2 aliphatic rings. The highest BCUT2D eigenvalue weighted by Crippen LogP contribution is 2.34. The van der Waals surface area contributed by atoms with Crippen LogP contribution in [0.3, 0.4) is 0 Å². The second kappa shape index (κ2) is 11.3. The number of rotatable bonds is 7. The van der Waals surface area contributed by atoms with Gasteiger partial charge in [-0.05, 0) is 87.1 Å². The van der Waals surface area contributed by atoms with Crippen molar-refractivity contribution in [2.45, 2.75) is 38.1 Å². The summed E-state index contributed by atoms with van der Waals surface area (Å²) in [5, 5.41) is 19.9. The molecule has 36 heavy (non-hydrogen) atoms. The number of nitrogens with one attached hydrogen (secondary N) is 1. The van der Waals surface area contributed by atoms with E-state index in [0.29, 0.717) is 28.4 Å². The Hall–Kier alpha value is -2.38. The van der Waals surface area contributed by atoms with Gasteiger partial charge in [0.25, 0.3) is 0 Å². The number of fused-ring (bicyclic) bond motifs is 1. The van der Waals surface area contributed by atoms with Crippen LogP contribution in [0, 0.1) is 5.92 Å². The number of carboxylic acid groups (broad SMARTS) is 1. The van der Waals surface area contributed by atoms with E-state index in [4.69, 9.17) is 33.4 Å². The Labute approximate surface area is 221 Å². The first-order chi connectivity index (χ1) is 17.5. The van der Waals surface area contributed by atoms with Crippen molar-refractivity contribution >= 4 is 46.2 Å². The third kappa shape index (κ3) is 5.94. The molecule has 190 valence electrons. The predicted molar refractivity (Wildman–Crippen MR) is 146 cm³/mol. The van der Waals surface area contributed by atoms with Gasteiger partial charge < -0.3 is 10.4 Å². The average Bonchev–Trinajstić information content (AvgIpc) is 3.23. The van der Waals surface area contributed by atoms with Crippen LogP contribution in [-0.4, -0.2) is 58.5 Å². The summed E-state index contributed by atoms with van der Waals surface area (Å²) < 4.78 is 2.08. The van der Waals surface area contributed by atoms with Crippen molar-refractivity contribution in [3.05, 3.63) is 69.3 Å². The molecule has 0 radical (unpaired) electrons. The Morgan fingerprint density at radius 2 is 1.83 bits per heavy atom. The maximum Gasteiger partial charge on any atom is 0.317 e. The molecule has 0 amide bonds. The zero-order chi connectivity index (χ0) is 25.1. The fourth-order valence-electron chi connectivity index (χ4n) is 5.39. The van der Waals surface area contributed by atoms with E-state index in [2.05, 4.69) is 40.3 Å². The van der Waals surface area contributed by atoms with Crippen LogP contribution in [0.15, 0.2) is 42.5 Å². The first kappa shape index (κ1) is 25.3. The number of carboxylic acids is 1. The molecule has 0 spiro atoms. The van der Waals surface area contributed by atoms with Crippen LogP contribution in [0.5, 0.6) is 0 Å². The zero-order valence-electron chi connectivity index (χ0n) is 20.3. The number of allylic oxidation sites excluding steroid dienone is 1. The fraction of sp³-hybridized carbons (Fsp3) is 0.429. The zero-order valence-corrected chi connectivity index (χ0v) is 21.8. The van der Waals surface area contributed by atoms with Crippen molar-refractivity contribution in [3.63, 3.8) is 0 Å². The number of hydrogen-bond acceptors (Lipinski definition) is 4. The van der Waals surface area contributed by atoms with E-state index in [0.717, 1.165) is 55.8 Å². The maximum atomic E-state index is 11.1. The summed E-state index contributed by atoms with van der Waals surface area (Å²) in [5.41, 5.74) is 4.44. The standard InChI is InChI=1S/C28H32Cl2N4O2/c29-24-6-4-21(15-25(24)30)17-34-26-16-20(2-1-19-7-11-31-12-8-19)3-5-23(26)28(32-34)22-9-13-33(14-10-22)18-27(35)36/h1-6,15-16,19,22,31H,7-14,17-18H2,(H,35,36). The summed E-state index contributed by atoms with van der Waals surface area (Å²) in [6.07, 6.45) is 8.77. The molecule has 0 saturated carbocycles. The highest BCUT2D eigenvalue weighted by atomic mass is 35.5. The molecule has 0 unspecified atom stereocenters. The molecule has 5 rings (SSSR count). The Morgan fingerprint density at radius 3 is 2.56 bits per heavy atom. The molecule has 2 saturated heterocycles. The molecule has 1 aromatic heterocycles. The van der Waals surface area contributed by atoms with E-state index in [9.17, 15) is 4.79 Å². The van der Waals surface area contributed by atoms with Crippen molar-refractivity contribution < 1.29 is 9.90 Å². The number of aliphatic carboxylic acids is 1. The van der Waals surface area contributed by atoms with E-state index in [1.54, 1.807) is 0 Å². The van der Waals surface area contributed by atoms with E-state index >= 15 is 0 Å². The van der Waals surface area contributed by atoms with Crippen molar-refractivity contribution in [1.29, 1.82) is 0 Å². The van der Waals surface area contributed by atoms with Crippen molar-refractivity contribution in [3.8, 4) is 0 Å². The molecule has 3 aromatic rings. The quantitative estimate of drug-likeness (QED) is 0.415. The molecular weight excluding hydrogens is 495 g/mol. The Bertz CT molecular complexity index is 1260. The number of carbonyl (C=O) groups is 1. The van der Waals surface area contributed by atoms with E-state index in [1.807, 2.05) is 23.1 Å². The molecule has 0 bridgehead atoms. The largest absolute Gasteiger partial charge is 0.480 e. The van der Waals surface area contributed by atoms with Crippen LogP contribution in [0.1, 0.15) is 48.4 Å². The topological polar surface area (TPSA) is 70.4 Å². The Kier molecular flexibility index (Phi) is 7.96. The van der Waals surface area contributed by atoms with Crippen LogP contribution >= 0.6 is 23.2 Å². The van der Waals surface area contributed by atoms with Crippen molar-refractivity contribution in [2.75, 3.05) is 32.7 Å². The third-order valence-electron chi connectivity index (χ3n) is 7.40. The van der Waals surface area contributed by atoms with Gasteiger partial charge in [0, 0.05) is 11.3 Å². The lowest BCUT2D eigenvalue weighted by atomic mass is 9.91. The normalized spacial score (nSPS) is 18.4. The number of benzene rings is 2. The van der Waals surface area contributed by atoms with Gasteiger partial charge in [-0.1, -0.05) is 53.6 Å². The van der Waals surface area contributed by atoms with Gasteiger partial charge in [0.15, 0.2) is 0 Å². The number of hydrogen-bond donors (Lipinski definition) is 2. The van der Waals surface area contributed by atoms with Gasteiger partial charge in [-0.3, -0.25) is 14.4 Å². The number of piperidine rings is 2. The van der Waals surface area contributed by atoms with Crippen LogP contribution in [0.2, 0.25) is 10.0 Å². The average molecular weight is 527 g/mol. The van der Waals surface area contributed by atoms with Gasteiger partial charge >= 0.3 is 5.97 Å². The number of halogens is 2. The van der Waals surface area contributed by atoms with Gasteiger partial charge in [0.1, 0.15) is 0 Å². The molecule has 2 aliphatic heterocycles. The summed E-state index contributed by atoms with van der Waals surface area (Å²) in [6.45, 7) is 4.42. The number of nitrogens with zero attached hydrogens (tertiary/aromatic N) is 3. The lowest BCUT2D eigenvalue weighted by Crippen LogP contribution is -2.36. The van der Waals surface area contributed by atoms with Gasteiger partial charge in [-0.15, -0.1) is 0 Å². The molecule has 2 N–H and O–H groups in total. The molecule has 3 heterocycles. The fourth-order valence-corrected chi connectivity index (χ4v) is 5.71. The van der Waals surface area contributed by atoms with E-state index < -0.39 is 5.97 Å². The monoisotopic (exact) mass is 526 g/mol. The second-order valence-electron chi connectivity index (χ2n) is 9.96. The summed E-state index contributed by atoms with van der Waals surface area (Å²) in [5.74, 6) is 0.160. The third-order valence-corrected chi connectivity index (χ3v) is 8.14. The van der Waals surface area contributed by atoms with E-state index in [1.165, 1.54) is 23.8 Å². The second-order valence-corrected chi connectivity index (χ2v) is 10.8. The smallest absolute Gasteiger partial charge is 0.317 e. The molecule has 6 nitrogen and oxygen atoms in total. The minimum absolute atomic E-state index is 0.103. The summed E-state index contributed by atoms with van der Waals surface area (Å²) in [7, 11) is 0. The summed E-state index contributed by atoms with van der Waals surface area (Å²) >= 11 is 12.4. The summed E-state index contributed by atoms with van der Waals surface area (Å²) in [4.78, 5) is 13.1. The Balaban J connectivity index is 1.45. The molecule has 0 aliphatic carbocycles. The van der Waals surface area contributed by atoms with Crippen LogP contribution in [-0.2, 0) is 11.3 Å². The van der Waals surface area contributed by atoms with Crippen LogP contribution in [0.4, 0.5) is 0 Å². The van der Waals surface area contributed by atoms with Gasteiger partial charge in [-0.25, -0.2) is 0 Å². The SMILES string of the molecule is O=C(O)CN1CCC(c2nn(Cc3ccc(Cl)c(Cl)c3)c3cc(C=CC4CCNCC4)ccc23)CC1. The number of likely N-dealkylation sites (tertiary alicyclic amines) is 1. The van der Waals surface area contributed by atoms with Gasteiger partial charge in [0.2, 0.25) is 0 Å². The highest BCUT2D eigenvalue weighted by Gasteiger charge is 2.26. The minimum Gasteiger partial charge on any atom is -0.480 e. The molecule has 8 heteroatoms. The highest BCUT2D eigenvalue weighted by molar-refractivity contribution is 6.42. The van der Waals surface area contributed by atoms with Crippen molar-refractivity contribution in [2.24, 2.45) is 5.92 Å². The molecule has 2 fully saturated rings. The summed E-state index contributed by atoms with van der Waals surface area (Å²) in [6, 6.07) is 12.4. The van der Waals surface area contributed by atoms with Crippen LogP contribution in [0.25, 0.3) is 17.0 Å². The van der Waals surface area contributed by atoms with Gasteiger partial charge in [0.05, 0.1) is 34.3 Å².